The summed E-state index contributed by atoms with van der Waals surface area (Å²) >= 11 is 0. The maximum atomic E-state index is 8.07. The first kappa shape index (κ1) is 19.3. The Bertz CT molecular complexity index is 95.1. The highest BCUT2D eigenvalue weighted by Gasteiger charge is 1.89. The first-order chi connectivity index (χ1) is 8.33. The van der Waals surface area contributed by atoms with Gasteiger partial charge >= 0.3 is 0 Å². The highest BCUT2D eigenvalue weighted by atomic mass is 16.2. The van der Waals surface area contributed by atoms with Crippen molar-refractivity contribution in [2.75, 3.05) is 19.7 Å². The number of aliphatic hydroxyl groups excluding tert-OH is 1. The van der Waals surface area contributed by atoms with Crippen molar-refractivity contribution in [3.05, 3.63) is 0 Å². The quantitative estimate of drug-likeness (QED) is 0.537. The first-order valence-electron chi connectivity index (χ1n) is 7.64. The Kier molecular flexibility index (Phi) is 24.1. The minimum absolute atomic E-state index is 0.344. The first-order valence-corrected chi connectivity index (χ1v) is 7.64. The Hall–Kier alpha value is -0.0800. The molecule has 0 rings (SSSR count). The molecule has 0 aliphatic heterocycles. The Morgan fingerprint density at radius 1 is 0.706 bits per heavy atom. The SMILES string of the molecule is CCCCCCCCCNCC.CCCCO. The fraction of sp³-hybridized carbons (Fsp3) is 1.00. The van der Waals surface area contributed by atoms with Crippen LogP contribution in [0.4, 0.5) is 0 Å². The lowest BCUT2D eigenvalue weighted by Crippen LogP contribution is -2.13. The molecule has 0 fully saturated rings. The van der Waals surface area contributed by atoms with Crippen LogP contribution in [-0.4, -0.2) is 24.8 Å². The van der Waals surface area contributed by atoms with Crippen LogP contribution in [0.1, 0.15) is 78.6 Å². The molecule has 0 aromatic heterocycles. The standard InChI is InChI=1S/C11H25N.C4H10O/c1-3-5-6-7-8-9-10-11-12-4-2;1-2-3-4-5/h12H,3-11H2,1-2H3;5H,2-4H2,1H3. The molecule has 0 aliphatic carbocycles. The van der Waals surface area contributed by atoms with Gasteiger partial charge in [0.15, 0.2) is 0 Å². The van der Waals surface area contributed by atoms with Gasteiger partial charge in [-0.2, -0.15) is 0 Å². The fourth-order valence-corrected chi connectivity index (χ4v) is 1.54. The average Bonchev–Trinajstić information content (AvgIpc) is 2.34. The minimum atomic E-state index is 0.344. The maximum Gasteiger partial charge on any atom is 0.0430 e. The van der Waals surface area contributed by atoms with Gasteiger partial charge in [-0.3, -0.25) is 0 Å². The van der Waals surface area contributed by atoms with E-state index in [1.54, 1.807) is 0 Å². The summed E-state index contributed by atoms with van der Waals surface area (Å²) in [5.41, 5.74) is 0. The van der Waals surface area contributed by atoms with Crippen molar-refractivity contribution in [2.45, 2.75) is 78.6 Å². The second-order valence-electron chi connectivity index (χ2n) is 4.55. The van der Waals surface area contributed by atoms with Crippen molar-refractivity contribution >= 4 is 0 Å². The normalized spacial score (nSPS) is 9.88. The van der Waals surface area contributed by atoms with Crippen molar-refractivity contribution in [3.8, 4) is 0 Å². The summed E-state index contributed by atoms with van der Waals surface area (Å²) in [6.45, 7) is 9.17. The van der Waals surface area contributed by atoms with E-state index in [2.05, 4.69) is 26.1 Å². The largest absolute Gasteiger partial charge is 0.396 e. The van der Waals surface area contributed by atoms with Gasteiger partial charge in [-0.1, -0.05) is 65.7 Å². The molecule has 0 saturated heterocycles. The lowest BCUT2D eigenvalue weighted by Gasteiger charge is -2.01. The van der Waals surface area contributed by atoms with Crippen LogP contribution in [0, 0.1) is 0 Å². The summed E-state index contributed by atoms with van der Waals surface area (Å²) in [4.78, 5) is 0. The Balaban J connectivity index is 0. The molecule has 0 bridgehead atoms. The van der Waals surface area contributed by atoms with Crippen LogP contribution in [-0.2, 0) is 0 Å². The van der Waals surface area contributed by atoms with E-state index in [4.69, 9.17) is 5.11 Å². The van der Waals surface area contributed by atoms with E-state index < -0.39 is 0 Å². The molecular weight excluding hydrogens is 210 g/mol. The molecule has 0 aromatic rings. The lowest BCUT2D eigenvalue weighted by molar-refractivity contribution is 0.287. The Morgan fingerprint density at radius 2 is 1.24 bits per heavy atom. The summed E-state index contributed by atoms with van der Waals surface area (Å²) < 4.78 is 0. The van der Waals surface area contributed by atoms with Crippen molar-refractivity contribution in [1.82, 2.24) is 5.32 Å². The zero-order valence-electron chi connectivity index (χ0n) is 12.4. The molecule has 0 spiro atoms. The van der Waals surface area contributed by atoms with E-state index in [0.717, 1.165) is 19.4 Å². The number of hydrogen-bond donors (Lipinski definition) is 2. The van der Waals surface area contributed by atoms with Crippen LogP contribution in [0.15, 0.2) is 0 Å². The molecule has 2 N–H and O–H groups in total. The van der Waals surface area contributed by atoms with Crippen LogP contribution in [0.25, 0.3) is 0 Å². The topological polar surface area (TPSA) is 32.3 Å². The predicted molar refractivity (Wildman–Crippen MR) is 78.5 cm³/mol. The van der Waals surface area contributed by atoms with Crippen molar-refractivity contribution in [1.29, 1.82) is 0 Å². The van der Waals surface area contributed by atoms with E-state index in [-0.39, 0.29) is 0 Å². The maximum absolute atomic E-state index is 8.07. The zero-order chi connectivity index (χ0) is 13.2. The average molecular weight is 245 g/mol. The second kappa shape index (κ2) is 21.2. The molecule has 0 amide bonds. The van der Waals surface area contributed by atoms with E-state index in [1.807, 2.05) is 0 Å². The van der Waals surface area contributed by atoms with Crippen molar-refractivity contribution in [3.63, 3.8) is 0 Å². The highest BCUT2D eigenvalue weighted by Crippen LogP contribution is 2.05. The molecule has 0 saturated carbocycles. The molecule has 106 valence electrons. The van der Waals surface area contributed by atoms with Crippen molar-refractivity contribution in [2.24, 2.45) is 0 Å². The van der Waals surface area contributed by atoms with Crippen LogP contribution in [0.3, 0.4) is 0 Å². The second-order valence-corrected chi connectivity index (χ2v) is 4.55. The number of hydrogen-bond acceptors (Lipinski definition) is 2. The van der Waals surface area contributed by atoms with Gasteiger partial charge in [0.1, 0.15) is 0 Å². The van der Waals surface area contributed by atoms with E-state index >= 15 is 0 Å². The Morgan fingerprint density at radius 3 is 1.65 bits per heavy atom. The molecule has 2 heteroatoms. The minimum Gasteiger partial charge on any atom is -0.396 e. The van der Waals surface area contributed by atoms with Gasteiger partial charge < -0.3 is 10.4 Å². The van der Waals surface area contributed by atoms with E-state index in [9.17, 15) is 0 Å². The zero-order valence-corrected chi connectivity index (χ0v) is 12.4. The van der Waals surface area contributed by atoms with Gasteiger partial charge in [-0.05, 0) is 25.9 Å². The molecule has 0 aromatic carbocycles. The summed E-state index contributed by atoms with van der Waals surface area (Å²) in [6, 6.07) is 0. The molecule has 0 radical (unpaired) electrons. The van der Waals surface area contributed by atoms with Gasteiger partial charge in [0.05, 0.1) is 0 Å². The number of aliphatic hydroxyl groups is 1. The molecule has 0 atom stereocenters. The molecule has 2 nitrogen and oxygen atoms in total. The number of nitrogens with one attached hydrogen (secondary N) is 1. The smallest absolute Gasteiger partial charge is 0.0430 e. The summed E-state index contributed by atoms with van der Waals surface area (Å²) in [6.07, 6.45) is 11.9. The lowest BCUT2D eigenvalue weighted by atomic mass is 10.1. The van der Waals surface area contributed by atoms with Crippen LogP contribution < -0.4 is 5.32 Å². The van der Waals surface area contributed by atoms with Crippen LogP contribution in [0.5, 0.6) is 0 Å². The summed E-state index contributed by atoms with van der Waals surface area (Å²) in [7, 11) is 0. The molecule has 0 aliphatic rings. The van der Waals surface area contributed by atoms with E-state index in [1.165, 1.54) is 51.5 Å². The van der Waals surface area contributed by atoms with Crippen molar-refractivity contribution < 1.29 is 5.11 Å². The number of rotatable bonds is 11. The Labute approximate surface area is 109 Å². The summed E-state index contributed by atoms with van der Waals surface area (Å²) in [5.74, 6) is 0. The van der Waals surface area contributed by atoms with Gasteiger partial charge in [-0.15, -0.1) is 0 Å². The summed E-state index contributed by atoms with van der Waals surface area (Å²) in [5, 5.41) is 11.4. The third-order valence-corrected chi connectivity index (χ3v) is 2.72. The van der Waals surface area contributed by atoms with Gasteiger partial charge in [0.25, 0.3) is 0 Å². The number of unbranched alkanes of at least 4 members (excludes halogenated alkanes) is 7. The van der Waals surface area contributed by atoms with E-state index in [0.29, 0.717) is 6.61 Å². The molecule has 17 heavy (non-hydrogen) atoms. The molecule has 0 heterocycles. The predicted octanol–water partition coefficient (Wildman–Crippen LogP) is 4.13. The van der Waals surface area contributed by atoms with Crippen LogP contribution in [0.2, 0.25) is 0 Å². The third kappa shape index (κ3) is 25.9. The fourth-order valence-electron chi connectivity index (χ4n) is 1.54. The highest BCUT2D eigenvalue weighted by molar-refractivity contribution is 4.47. The van der Waals surface area contributed by atoms with Gasteiger partial charge in [0.2, 0.25) is 0 Å². The van der Waals surface area contributed by atoms with Gasteiger partial charge in [-0.25, -0.2) is 0 Å². The van der Waals surface area contributed by atoms with Crippen LogP contribution >= 0.6 is 0 Å². The third-order valence-electron chi connectivity index (χ3n) is 2.72. The monoisotopic (exact) mass is 245 g/mol. The molecule has 0 unspecified atom stereocenters. The molecular formula is C15H35NO. The van der Waals surface area contributed by atoms with Gasteiger partial charge in [0, 0.05) is 6.61 Å².